The Bertz CT molecular complexity index is 2110. The van der Waals surface area contributed by atoms with Crippen LogP contribution in [0.5, 0.6) is 0 Å². The molecule has 5 aromatic rings. The van der Waals surface area contributed by atoms with Gasteiger partial charge in [0.15, 0.2) is 0 Å². The van der Waals surface area contributed by atoms with Gasteiger partial charge in [-0.05, 0) is 125 Å². The Hall–Kier alpha value is -5.34. The first-order valence-corrected chi connectivity index (χ1v) is 18.0. The summed E-state index contributed by atoms with van der Waals surface area (Å²) in [5.41, 5.74) is 15.7. The van der Waals surface area contributed by atoms with Crippen molar-refractivity contribution in [2.75, 3.05) is 11.4 Å². The summed E-state index contributed by atoms with van der Waals surface area (Å²) in [6, 6.07) is 49.1. The second-order valence-electron chi connectivity index (χ2n) is 12.8. The minimum Gasteiger partial charge on any atom is -0.385 e. The maximum atomic E-state index is 3.59. The number of nitrogens with one attached hydrogen (secondary N) is 1. The van der Waals surface area contributed by atoms with Crippen molar-refractivity contribution < 1.29 is 0 Å². The Morgan fingerprint density at radius 2 is 1.18 bits per heavy atom. The summed E-state index contributed by atoms with van der Waals surface area (Å²) in [5, 5.41) is 5.99. The predicted molar refractivity (Wildman–Crippen MR) is 211 cm³/mol. The average Bonchev–Trinajstić information content (AvgIpc) is 3.66. The van der Waals surface area contributed by atoms with Crippen LogP contribution in [0.1, 0.15) is 67.3 Å². The summed E-state index contributed by atoms with van der Waals surface area (Å²) >= 11 is 0. The molecule has 8 rings (SSSR count). The van der Waals surface area contributed by atoms with E-state index in [-0.39, 0.29) is 0 Å². The monoisotopic (exact) mass is 638 g/mol. The van der Waals surface area contributed by atoms with Crippen molar-refractivity contribution >= 4 is 39.0 Å². The lowest BCUT2D eigenvalue weighted by atomic mass is 9.87. The van der Waals surface area contributed by atoms with Gasteiger partial charge in [-0.15, -0.1) is 0 Å². The van der Waals surface area contributed by atoms with Crippen LogP contribution < -0.4 is 10.2 Å². The van der Waals surface area contributed by atoms with E-state index in [1.54, 1.807) is 0 Å². The van der Waals surface area contributed by atoms with E-state index in [0.29, 0.717) is 0 Å². The smallest absolute Gasteiger partial charge is 0.0496 e. The maximum absolute atomic E-state index is 3.59. The molecular formula is C47H46N2. The SMILES string of the molecule is CC.Cc1cccccc2ccccc2cc1N(c1ccc(C2=CCCc3ccccc32)cc1)c1ccc(C2=C3CCNC3=CCC2)cc1. The molecule has 2 heteroatoms. The third-order valence-electron chi connectivity index (χ3n) is 9.88. The minimum absolute atomic E-state index is 1.04. The van der Waals surface area contributed by atoms with E-state index in [1.165, 1.54) is 61.0 Å². The number of aryl methyl sites for hydroxylation is 2. The normalized spacial score (nSPS) is 14.7. The van der Waals surface area contributed by atoms with Gasteiger partial charge in [-0.25, -0.2) is 0 Å². The first-order chi connectivity index (χ1) is 24.2. The summed E-state index contributed by atoms with van der Waals surface area (Å²) in [6.45, 7) is 7.26. The van der Waals surface area contributed by atoms with Crippen molar-refractivity contribution in [1.29, 1.82) is 0 Å². The van der Waals surface area contributed by atoms with Gasteiger partial charge in [0.25, 0.3) is 0 Å². The molecule has 0 amide bonds. The molecule has 5 aromatic carbocycles. The summed E-state index contributed by atoms with van der Waals surface area (Å²) in [4.78, 5) is 2.43. The van der Waals surface area contributed by atoms with Crippen LogP contribution in [0.25, 0.3) is 21.9 Å². The Kier molecular flexibility index (Phi) is 9.75. The molecule has 0 radical (unpaired) electrons. The van der Waals surface area contributed by atoms with Crippen molar-refractivity contribution in [2.24, 2.45) is 0 Å². The molecule has 0 spiro atoms. The standard InChI is InChI=1S/C45H40N2.C2H6/c1-32-11-3-2-4-12-33-13-5-6-15-37(33)31-45(32)47(39-27-23-36(24-28-39)42-19-10-20-44-43(42)29-30-46-44)38-25-21-35(22-26-38)41-18-9-16-34-14-7-8-17-40(34)41;1-2/h2-8,11-15,17-18,20-28,31,46H,9-10,16,19,29-30H2,1H3;1-2H3. The number of nitrogens with zero attached hydrogens (tertiary/aromatic N) is 1. The lowest BCUT2D eigenvalue weighted by Gasteiger charge is -2.28. The van der Waals surface area contributed by atoms with Crippen LogP contribution in [0, 0.1) is 6.92 Å². The zero-order valence-corrected chi connectivity index (χ0v) is 29.0. The van der Waals surface area contributed by atoms with Crippen molar-refractivity contribution in [3.05, 3.63) is 185 Å². The topological polar surface area (TPSA) is 15.3 Å². The van der Waals surface area contributed by atoms with Gasteiger partial charge in [0.2, 0.25) is 0 Å². The number of fused-ring (bicyclic) bond motifs is 3. The van der Waals surface area contributed by atoms with Crippen molar-refractivity contribution in [3.63, 3.8) is 0 Å². The van der Waals surface area contributed by atoms with E-state index in [4.69, 9.17) is 0 Å². The molecule has 1 saturated heterocycles. The van der Waals surface area contributed by atoms with Crippen LogP contribution in [0.3, 0.4) is 0 Å². The van der Waals surface area contributed by atoms with Gasteiger partial charge in [-0.3, -0.25) is 0 Å². The molecule has 2 nitrogen and oxygen atoms in total. The highest BCUT2D eigenvalue weighted by atomic mass is 15.1. The second kappa shape index (κ2) is 14.8. The van der Waals surface area contributed by atoms with Gasteiger partial charge in [0.1, 0.15) is 0 Å². The molecule has 49 heavy (non-hydrogen) atoms. The van der Waals surface area contributed by atoms with Crippen molar-refractivity contribution in [2.45, 2.75) is 52.9 Å². The fraction of sp³-hybridized carbons (Fsp3) is 0.191. The molecule has 0 atom stereocenters. The quantitative estimate of drug-likeness (QED) is 0.206. The highest BCUT2D eigenvalue weighted by molar-refractivity contribution is 5.89. The summed E-state index contributed by atoms with van der Waals surface area (Å²) in [6.07, 6.45) is 10.3. The van der Waals surface area contributed by atoms with Crippen LogP contribution in [0.15, 0.2) is 157 Å². The van der Waals surface area contributed by atoms with E-state index >= 15 is 0 Å². The van der Waals surface area contributed by atoms with E-state index in [2.05, 4.69) is 163 Å². The van der Waals surface area contributed by atoms with E-state index in [1.807, 2.05) is 13.8 Å². The summed E-state index contributed by atoms with van der Waals surface area (Å²) < 4.78 is 0. The van der Waals surface area contributed by atoms with E-state index in [9.17, 15) is 0 Å². The predicted octanol–water partition coefficient (Wildman–Crippen LogP) is 12.6. The number of hydrogen-bond acceptors (Lipinski definition) is 2. The Labute approximate surface area is 292 Å². The number of allylic oxidation sites excluding steroid dienone is 4. The van der Waals surface area contributed by atoms with E-state index in [0.717, 1.165) is 55.7 Å². The molecule has 2 aliphatic carbocycles. The van der Waals surface area contributed by atoms with Crippen LogP contribution in [0.4, 0.5) is 17.1 Å². The summed E-state index contributed by atoms with van der Waals surface area (Å²) in [5.74, 6) is 0. The lowest BCUT2D eigenvalue weighted by molar-refractivity contribution is 0.907. The zero-order chi connectivity index (χ0) is 33.6. The molecule has 0 bridgehead atoms. The molecule has 244 valence electrons. The molecule has 1 heterocycles. The maximum Gasteiger partial charge on any atom is 0.0496 e. The number of anilines is 3. The molecule has 1 aliphatic heterocycles. The number of hydrogen-bond donors (Lipinski definition) is 1. The Morgan fingerprint density at radius 1 is 0.551 bits per heavy atom. The first-order valence-electron chi connectivity index (χ1n) is 18.0. The van der Waals surface area contributed by atoms with Crippen LogP contribution in [0.2, 0.25) is 0 Å². The highest BCUT2D eigenvalue weighted by Gasteiger charge is 2.22. The zero-order valence-electron chi connectivity index (χ0n) is 29.0. The second-order valence-corrected chi connectivity index (χ2v) is 12.8. The minimum atomic E-state index is 1.04. The highest BCUT2D eigenvalue weighted by Crippen LogP contribution is 2.41. The van der Waals surface area contributed by atoms with E-state index < -0.39 is 0 Å². The van der Waals surface area contributed by atoms with Gasteiger partial charge in [-0.1, -0.05) is 129 Å². The Morgan fingerprint density at radius 3 is 1.96 bits per heavy atom. The first kappa shape index (κ1) is 32.2. The average molecular weight is 639 g/mol. The van der Waals surface area contributed by atoms with Crippen LogP contribution in [-0.4, -0.2) is 6.54 Å². The largest absolute Gasteiger partial charge is 0.385 e. The molecule has 0 unspecified atom stereocenters. The van der Waals surface area contributed by atoms with Gasteiger partial charge in [0, 0.05) is 29.3 Å². The van der Waals surface area contributed by atoms with Gasteiger partial charge in [-0.2, -0.15) is 0 Å². The molecule has 1 N–H and O–H groups in total. The fourth-order valence-electron chi connectivity index (χ4n) is 7.49. The van der Waals surface area contributed by atoms with Gasteiger partial charge < -0.3 is 10.2 Å². The Balaban J connectivity index is 0.00000186. The van der Waals surface area contributed by atoms with Gasteiger partial charge >= 0.3 is 0 Å². The fourth-order valence-corrected chi connectivity index (χ4v) is 7.49. The molecule has 0 aromatic heterocycles. The third-order valence-corrected chi connectivity index (χ3v) is 9.88. The van der Waals surface area contributed by atoms with Crippen LogP contribution in [-0.2, 0) is 6.42 Å². The third kappa shape index (κ3) is 6.69. The van der Waals surface area contributed by atoms with Gasteiger partial charge in [0.05, 0.1) is 0 Å². The number of benzene rings is 4. The molecule has 1 fully saturated rings. The molecule has 0 saturated carbocycles. The van der Waals surface area contributed by atoms with Crippen molar-refractivity contribution in [1.82, 2.24) is 5.32 Å². The van der Waals surface area contributed by atoms with Crippen molar-refractivity contribution in [3.8, 4) is 0 Å². The molecular weight excluding hydrogens is 593 g/mol. The lowest BCUT2D eigenvalue weighted by Crippen LogP contribution is -2.11. The van der Waals surface area contributed by atoms with Crippen LogP contribution >= 0.6 is 0 Å². The number of rotatable bonds is 5. The summed E-state index contributed by atoms with van der Waals surface area (Å²) in [7, 11) is 0. The molecule has 3 aliphatic rings.